The summed E-state index contributed by atoms with van der Waals surface area (Å²) in [6, 6.07) is 7.75. The van der Waals surface area contributed by atoms with E-state index in [1.807, 2.05) is 52.7 Å². The maximum Gasteiger partial charge on any atom is 0.234 e. The first kappa shape index (κ1) is 13.2. The third-order valence-electron chi connectivity index (χ3n) is 2.83. The molecule has 1 aromatic carbocycles. The number of anilines is 1. The fraction of sp³-hybridized carbons (Fsp3) is 0.143. The summed E-state index contributed by atoms with van der Waals surface area (Å²) in [6.07, 6.45) is 5.91. The molecule has 2 aromatic heterocycles. The summed E-state index contributed by atoms with van der Waals surface area (Å²) < 4.78 is 2.01. The van der Waals surface area contributed by atoms with Gasteiger partial charge in [0, 0.05) is 29.0 Å². The average Bonchev–Trinajstić information content (AvgIpc) is 3.00. The summed E-state index contributed by atoms with van der Waals surface area (Å²) >= 11 is 3.12. The lowest BCUT2D eigenvalue weighted by atomic mass is 10.1. The predicted octanol–water partition coefficient (Wildman–Crippen LogP) is 3.36. The van der Waals surface area contributed by atoms with Crippen molar-refractivity contribution >= 4 is 39.7 Å². The van der Waals surface area contributed by atoms with Crippen molar-refractivity contribution in [2.24, 2.45) is 0 Å². The minimum atomic E-state index is 0.0211. The molecule has 4 nitrogen and oxygen atoms in total. The Hall–Kier alpha value is -1.79. The Balaban J connectivity index is 1.78. The molecule has 0 fully saturated rings. The number of benzene rings is 1. The van der Waals surface area contributed by atoms with Crippen LogP contribution in [0.25, 0.3) is 16.2 Å². The van der Waals surface area contributed by atoms with Gasteiger partial charge in [-0.1, -0.05) is 12.1 Å². The highest BCUT2D eigenvalue weighted by Gasteiger charge is 2.06. The first-order chi connectivity index (χ1) is 9.76. The van der Waals surface area contributed by atoms with Crippen LogP contribution in [0.2, 0.25) is 0 Å². The standard InChI is InChI=1S/C14H13N3OS2/c1-19-9-13(18)15-11-4-2-10(3-5-11)12-8-17-6-7-20-14(17)16-12/h2-8H,9H2,1H3,(H,15,18). The quantitative estimate of drug-likeness (QED) is 0.804. The van der Waals surface area contributed by atoms with Gasteiger partial charge in [-0.3, -0.25) is 9.20 Å². The van der Waals surface area contributed by atoms with Crippen LogP contribution in [-0.2, 0) is 4.79 Å². The van der Waals surface area contributed by atoms with Gasteiger partial charge in [0.1, 0.15) is 0 Å². The molecule has 0 saturated heterocycles. The van der Waals surface area contributed by atoms with Gasteiger partial charge in [0.2, 0.25) is 5.91 Å². The first-order valence-corrected chi connectivity index (χ1v) is 8.35. The Bertz CT molecular complexity index is 702. The highest BCUT2D eigenvalue weighted by atomic mass is 32.2. The van der Waals surface area contributed by atoms with Crippen LogP contribution in [-0.4, -0.2) is 27.3 Å². The van der Waals surface area contributed by atoms with E-state index in [9.17, 15) is 4.79 Å². The molecule has 20 heavy (non-hydrogen) atoms. The second-order valence-electron chi connectivity index (χ2n) is 4.28. The van der Waals surface area contributed by atoms with Gasteiger partial charge < -0.3 is 5.32 Å². The minimum Gasteiger partial charge on any atom is -0.325 e. The van der Waals surface area contributed by atoms with Crippen LogP contribution >= 0.6 is 23.1 Å². The van der Waals surface area contributed by atoms with Crippen molar-refractivity contribution < 1.29 is 4.79 Å². The molecule has 1 amide bonds. The Labute approximate surface area is 124 Å². The van der Waals surface area contributed by atoms with E-state index in [-0.39, 0.29) is 5.91 Å². The van der Waals surface area contributed by atoms with E-state index < -0.39 is 0 Å². The molecule has 3 rings (SSSR count). The predicted molar refractivity (Wildman–Crippen MR) is 85.5 cm³/mol. The second kappa shape index (κ2) is 5.68. The number of amides is 1. The number of rotatable bonds is 4. The van der Waals surface area contributed by atoms with Gasteiger partial charge in [-0.2, -0.15) is 11.8 Å². The zero-order valence-electron chi connectivity index (χ0n) is 10.9. The van der Waals surface area contributed by atoms with E-state index in [4.69, 9.17) is 0 Å². The molecule has 0 radical (unpaired) electrons. The number of nitrogens with one attached hydrogen (secondary N) is 1. The molecule has 0 bridgehead atoms. The summed E-state index contributed by atoms with van der Waals surface area (Å²) in [4.78, 5) is 17.0. The second-order valence-corrected chi connectivity index (χ2v) is 6.02. The van der Waals surface area contributed by atoms with Crippen LogP contribution in [0.3, 0.4) is 0 Å². The third-order valence-corrected chi connectivity index (χ3v) is 4.15. The summed E-state index contributed by atoms with van der Waals surface area (Å²) in [5.74, 6) is 0.492. The minimum absolute atomic E-state index is 0.0211. The number of carbonyl (C=O) groups is 1. The zero-order valence-corrected chi connectivity index (χ0v) is 12.5. The lowest BCUT2D eigenvalue weighted by molar-refractivity contribution is -0.113. The van der Waals surface area contributed by atoms with Crippen LogP contribution in [0.1, 0.15) is 0 Å². The topological polar surface area (TPSA) is 46.4 Å². The van der Waals surface area contributed by atoms with Crippen molar-refractivity contribution in [1.82, 2.24) is 9.38 Å². The van der Waals surface area contributed by atoms with E-state index in [0.29, 0.717) is 5.75 Å². The van der Waals surface area contributed by atoms with Gasteiger partial charge in [-0.15, -0.1) is 11.3 Å². The van der Waals surface area contributed by atoms with Gasteiger partial charge >= 0.3 is 0 Å². The molecule has 2 heterocycles. The lowest BCUT2D eigenvalue weighted by Crippen LogP contribution is -2.13. The summed E-state index contributed by atoms with van der Waals surface area (Å²) in [7, 11) is 0. The molecule has 0 aliphatic rings. The van der Waals surface area contributed by atoms with Crippen LogP contribution < -0.4 is 5.32 Å². The molecular formula is C14H13N3OS2. The number of thioether (sulfide) groups is 1. The van der Waals surface area contributed by atoms with Gasteiger partial charge in [0.25, 0.3) is 0 Å². The van der Waals surface area contributed by atoms with Crippen molar-refractivity contribution in [2.75, 3.05) is 17.3 Å². The number of nitrogens with zero attached hydrogens (tertiary/aromatic N) is 2. The van der Waals surface area contributed by atoms with Gasteiger partial charge in [0.05, 0.1) is 11.4 Å². The van der Waals surface area contributed by atoms with Crippen molar-refractivity contribution in [3.63, 3.8) is 0 Å². The zero-order chi connectivity index (χ0) is 13.9. The normalized spacial score (nSPS) is 10.8. The number of thiazole rings is 1. The summed E-state index contributed by atoms with van der Waals surface area (Å²) in [5, 5.41) is 4.87. The highest BCUT2D eigenvalue weighted by molar-refractivity contribution is 7.99. The number of aromatic nitrogens is 2. The fourth-order valence-electron chi connectivity index (χ4n) is 1.92. The molecule has 0 spiro atoms. The van der Waals surface area contributed by atoms with Crippen molar-refractivity contribution in [2.45, 2.75) is 0 Å². The molecular weight excluding hydrogens is 290 g/mol. The molecule has 1 N–H and O–H groups in total. The monoisotopic (exact) mass is 303 g/mol. The van der Waals surface area contributed by atoms with Gasteiger partial charge in [-0.25, -0.2) is 4.98 Å². The van der Waals surface area contributed by atoms with Crippen LogP contribution in [0.15, 0.2) is 42.0 Å². The Morgan fingerprint density at radius 2 is 2.20 bits per heavy atom. The van der Waals surface area contributed by atoms with Crippen molar-refractivity contribution in [3.8, 4) is 11.3 Å². The number of carbonyl (C=O) groups excluding carboxylic acids is 1. The van der Waals surface area contributed by atoms with Crippen LogP contribution in [0, 0.1) is 0 Å². The van der Waals surface area contributed by atoms with E-state index in [1.165, 1.54) is 11.8 Å². The summed E-state index contributed by atoms with van der Waals surface area (Å²) in [6.45, 7) is 0. The van der Waals surface area contributed by atoms with Crippen LogP contribution in [0.5, 0.6) is 0 Å². The van der Waals surface area contributed by atoms with Gasteiger partial charge in [-0.05, 0) is 18.4 Å². The smallest absolute Gasteiger partial charge is 0.234 e. The Morgan fingerprint density at radius 1 is 1.40 bits per heavy atom. The van der Waals surface area contributed by atoms with E-state index >= 15 is 0 Å². The number of fused-ring (bicyclic) bond motifs is 1. The third kappa shape index (κ3) is 2.71. The Kier molecular flexibility index (Phi) is 3.75. The molecule has 102 valence electrons. The molecule has 0 aliphatic carbocycles. The van der Waals surface area contributed by atoms with E-state index in [2.05, 4.69) is 10.3 Å². The van der Waals surface area contributed by atoms with Crippen molar-refractivity contribution in [1.29, 1.82) is 0 Å². The fourth-order valence-corrected chi connectivity index (χ4v) is 2.95. The van der Waals surface area contributed by atoms with Crippen molar-refractivity contribution in [3.05, 3.63) is 42.0 Å². The number of hydrogen-bond acceptors (Lipinski definition) is 4. The number of imidazole rings is 1. The molecule has 0 atom stereocenters. The highest BCUT2D eigenvalue weighted by Crippen LogP contribution is 2.23. The first-order valence-electron chi connectivity index (χ1n) is 6.08. The maximum atomic E-state index is 11.5. The SMILES string of the molecule is CSCC(=O)Nc1ccc(-c2cn3ccsc3n2)cc1. The molecule has 0 unspecified atom stereocenters. The van der Waals surface area contributed by atoms with Gasteiger partial charge in [0.15, 0.2) is 4.96 Å². The largest absolute Gasteiger partial charge is 0.325 e. The number of hydrogen-bond donors (Lipinski definition) is 1. The average molecular weight is 303 g/mol. The molecule has 0 aliphatic heterocycles. The molecule has 3 aromatic rings. The Morgan fingerprint density at radius 3 is 2.90 bits per heavy atom. The molecule has 6 heteroatoms. The van der Waals surface area contributed by atoms with Crippen LogP contribution in [0.4, 0.5) is 5.69 Å². The lowest BCUT2D eigenvalue weighted by Gasteiger charge is -2.04. The maximum absolute atomic E-state index is 11.5. The molecule has 0 saturated carbocycles. The summed E-state index contributed by atoms with van der Waals surface area (Å²) in [5.41, 5.74) is 2.80. The van der Waals surface area contributed by atoms with E-state index in [0.717, 1.165) is 21.9 Å². The van der Waals surface area contributed by atoms with E-state index in [1.54, 1.807) is 11.3 Å².